The van der Waals surface area contributed by atoms with Crippen molar-refractivity contribution in [1.29, 1.82) is 0 Å². The molecule has 0 unspecified atom stereocenters. The van der Waals surface area contributed by atoms with E-state index in [1.807, 2.05) is 0 Å². The molecule has 1 saturated heterocycles. The van der Waals surface area contributed by atoms with E-state index in [4.69, 9.17) is 0 Å². The van der Waals surface area contributed by atoms with Crippen molar-refractivity contribution in [3.8, 4) is 0 Å². The van der Waals surface area contributed by atoms with E-state index in [1.165, 1.54) is 12.4 Å². The van der Waals surface area contributed by atoms with Gasteiger partial charge in [0.2, 0.25) is 0 Å². The monoisotopic (exact) mass is 456 g/mol. The van der Waals surface area contributed by atoms with E-state index in [2.05, 4.69) is 39.4 Å². The maximum Gasteiger partial charge on any atom is 0.319 e. The molecule has 2 heterocycles. The van der Waals surface area contributed by atoms with Crippen molar-refractivity contribution in [2.45, 2.75) is 51.9 Å². The van der Waals surface area contributed by atoms with Crippen molar-refractivity contribution in [3.05, 3.63) is 18.2 Å². The fourth-order valence-corrected chi connectivity index (χ4v) is 2.77. The summed E-state index contributed by atoms with van der Waals surface area (Å²) < 4.78 is 26.4. The highest BCUT2D eigenvalue weighted by molar-refractivity contribution is 14.0. The molecule has 1 aliphatic heterocycles. The molecule has 0 aromatic carbocycles. The Morgan fingerprint density at radius 3 is 2.58 bits per heavy atom. The van der Waals surface area contributed by atoms with E-state index in [0.717, 1.165) is 30.5 Å². The average molecular weight is 456 g/mol. The summed E-state index contributed by atoms with van der Waals surface area (Å²) in [5, 5.41) is 6.42. The first-order chi connectivity index (χ1) is 11.0. The molecular weight excluding hydrogens is 429 g/mol. The maximum atomic E-state index is 12.8. The van der Waals surface area contributed by atoms with Crippen LogP contribution in [0.3, 0.4) is 0 Å². The molecule has 1 aliphatic rings. The van der Waals surface area contributed by atoms with E-state index in [1.54, 1.807) is 7.05 Å². The SMILES string of the molecule is CN=C(NCc1nccn1C(F)F)NC1CCN(C(C)C)CC1.I. The van der Waals surface area contributed by atoms with Gasteiger partial charge in [-0.1, -0.05) is 0 Å². The second kappa shape index (κ2) is 10.1. The molecule has 0 saturated carbocycles. The number of nitrogens with one attached hydrogen (secondary N) is 2. The fourth-order valence-electron chi connectivity index (χ4n) is 2.77. The number of piperidine rings is 1. The number of nitrogens with zero attached hydrogens (tertiary/aromatic N) is 4. The first-order valence-electron chi connectivity index (χ1n) is 8.02. The van der Waals surface area contributed by atoms with Crippen molar-refractivity contribution >= 4 is 29.9 Å². The van der Waals surface area contributed by atoms with Crippen LogP contribution in [0, 0.1) is 0 Å². The lowest BCUT2D eigenvalue weighted by Gasteiger charge is -2.35. The van der Waals surface area contributed by atoms with Gasteiger partial charge in [0.1, 0.15) is 5.82 Å². The van der Waals surface area contributed by atoms with Crippen LogP contribution in [0.2, 0.25) is 0 Å². The Bertz CT molecular complexity index is 512. The van der Waals surface area contributed by atoms with E-state index >= 15 is 0 Å². The lowest BCUT2D eigenvalue weighted by molar-refractivity contribution is 0.0668. The Hall–Kier alpha value is -0.970. The topological polar surface area (TPSA) is 57.5 Å². The molecule has 0 aliphatic carbocycles. The highest BCUT2D eigenvalue weighted by atomic mass is 127. The van der Waals surface area contributed by atoms with Crippen molar-refractivity contribution in [3.63, 3.8) is 0 Å². The van der Waals surface area contributed by atoms with Crippen molar-refractivity contribution < 1.29 is 8.78 Å². The first-order valence-corrected chi connectivity index (χ1v) is 8.02. The Kier molecular flexibility index (Phi) is 8.88. The number of hydrogen-bond acceptors (Lipinski definition) is 3. The molecule has 138 valence electrons. The number of aromatic nitrogens is 2. The largest absolute Gasteiger partial charge is 0.354 e. The normalized spacial score (nSPS) is 17.2. The highest BCUT2D eigenvalue weighted by Gasteiger charge is 2.21. The van der Waals surface area contributed by atoms with Crippen LogP contribution < -0.4 is 10.6 Å². The zero-order valence-corrected chi connectivity index (χ0v) is 16.7. The van der Waals surface area contributed by atoms with Crippen LogP contribution in [0.5, 0.6) is 0 Å². The Morgan fingerprint density at radius 1 is 1.38 bits per heavy atom. The molecule has 0 spiro atoms. The number of halogens is 3. The minimum absolute atomic E-state index is 0. The van der Waals surface area contributed by atoms with Crippen molar-refractivity contribution in [2.24, 2.45) is 4.99 Å². The molecule has 1 fully saturated rings. The van der Waals surface area contributed by atoms with Crippen molar-refractivity contribution in [1.82, 2.24) is 25.1 Å². The minimum Gasteiger partial charge on any atom is -0.354 e. The van der Waals surface area contributed by atoms with Gasteiger partial charge in [0.15, 0.2) is 5.96 Å². The average Bonchev–Trinajstić information content (AvgIpc) is 3.00. The van der Waals surface area contributed by atoms with Crippen LogP contribution in [-0.2, 0) is 6.54 Å². The lowest BCUT2D eigenvalue weighted by Crippen LogP contribution is -2.49. The molecule has 0 bridgehead atoms. The summed E-state index contributed by atoms with van der Waals surface area (Å²) in [5.41, 5.74) is 0. The van der Waals surface area contributed by atoms with E-state index < -0.39 is 6.55 Å². The number of hydrogen-bond donors (Lipinski definition) is 2. The van der Waals surface area contributed by atoms with Gasteiger partial charge in [-0.05, 0) is 26.7 Å². The molecule has 6 nitrogen and oxygen atoms in total. The predicted octanol–water partition coefficient (Wildman–Crippen LogP) is 2.43. The van der Waals surface area contributed by atoms with Gasteiger partial charge in [0.25, 0.3) is 0 Å². The summed E-state index contributed by atoms with van der Waals surface area (Å²) in [4.78, 5) is 10.6. The number of likely N-dealkylation sites (tertiary alicyclic amines) is 1. The maximum absolute atomic E-state index is 12.8. The summed E-state index contributed by atoms with van der Waals surface area (Å²) in [5.74, 6) is 0.911. The Morgan fingerprint density at radius 2 is 2.04 bits per heavy atom. The third-order valence-corrected chi connectivity index (χ3v) is 4.20. The highest BCUT2D eigenvalue weighted by Crippen LogP contribution is 2.13. The summed E-state index contributed by atoms with van der Waals surface area (Å²) in [7, 11) is 1.68. The lowest BCUT2D eigenvalue weighted by atomic mass is 10.0. The van der Waals surface area contributed by atoms with Gasteiger partial charge >= 0.3 is 6.55 Å². The molecule has 9 heteroatoms. The van der Waals surface area contributed by atoms with Gasteiger partial charge in [-0.15, -0.1) is 24.0 Å². The van der Waals surface area contributed by atoms with Crippen LogP contribution in [0.15, 0.2) is 17.4 Å². The molecule has 1 aromatic rings. The molecule has 2 N–H and O–H groups in total. The summed E-state index contributed by atoms with van der Waals surface area (Å²) >= 11 is 0. The minimum atomic E-state index is -2.58. The van der Waals surface area contributed by atoms with Gasteiger partial charge < -0.3 is 15.5 Å². The van der Waals surface area contributed by atoms with E-state index in [0.29, 0.717) is 18.0 Å². The number of guanidine groups is 1. The number of imidazole rings is 1. The first kappa shape index (κ1) is 21.1. The number of rotatable bonds is 5. The van der Waals surface area contributed by atoms with E-state index in [-0.39, 0.29) is 36.3 Å². The molecule has 0 atom stereocenters. The van der Waals surface area contributed by atoms with Crippen molar-refractivity contribution in [2.75, 3.05) is 20.1 Å². The van der Waals surface area contributed by atoms with Crippen LogP contribution in [-0.4, -0.2) is 52.6 Å². The molecular formula is C15H27F2IN6. The van der Waals surface area contributed by atoms with Gasteiger partial charge in [0.05, 0.1) is 6.54 Å². The molecule has 1 aromatic heterocycles. The summed E-state index contributed by atoms with van der Waals surface area (Å²) in [6, 6.07) is 0.924. The second-order valence-electron chi connectivity index (χ2n) is 6.00. The smallest absolute Gasteiger partial charge is 0.319 e. The van der Waals surface area contributed by atoms with Gasteiger partial charge in [0, 0.05) is 44.6 Å². The summed E-state index contributed by atoms with van der Waals surface area (Å²) in [6.07, 6.45) is 4.75. The number of alkyl halides is 2. The van der Waals surface area contributed by atoms with Crippen LogP contribution in [0.1, 0.15) is 39.1 Å². The van der Waals surface area contributed by atoms with Crippen LogP contribution >= 0.6 is 24.0 Å². The standard InChI is InChI=1S/C15H26F2N6.HI/c1-11(2)22-7-4-12(5-8-22)21-15(18-3)20-10-13-19-6-9-23(13)14(16)17;/h6,9,11-12,14H,4-5,7-8,10H2,1-3H3,(H2,18,20,21);1H. The third-order valence-electron chi connectivity index (χ3n) is 4.20. The zero-order valence-electron chi connectivity index (χ0n) is 14.4. The van der Waals surface area contributed by atoms with Crippen LogP contribution in [0.4, 0.5) is 8.78 Å². The second-order valence-corrected chi connectivity index (χ2v) is 6.00. The molecule has 0 radical (unpaired) electrons. The Balaban J connectivity index is 0.00000288. The van der Waals surface area contributed by atoms with E-state index in [9.17, 15) is 8.78 Å². The predicted molar refractivity (Wildman–Crippen MR) is 102 cm³/mol. The number of aliphatic imine (C=N–C) groups is 1. The van der Waals surface area contributed by atoms with Gasteiger partial charge in [-0.2, -0.15) is 8.78 Å². The fraction of sp³-hybridized carbons (Fsp3) is 0.733. The van der Waals surface area contributed by atoms with Gasteiger partial charge in [-0.25, -0.2) is 4.98 Å². The Labute approximate surface area is 159 Å². The van der Waals surface area contributed by atoms with Gasteiger partial charge in [-0.3, -0.25) is 9.56 Å². The molecule has 0 amide bonds. The zero-order chi connectivity index (χ0) is 16.8. The molecule has 24 heavy (non-hydrogen) atoms. The molecule has 2 rings (SSSR count). The quantitative estimate of drug-likeness (QED) is 0.406. The van der Waals surface area contributed by atoms with Crippen LogP contribution in [0.25, 0.3) is 0 Å². The summed E-state index contributed by atoms with van der Waals surface area (Å²) in [6.45, 7) is 4.16. The third kappa shape index (κ3) is 5.83.